The van der Waals surface area contributed by atoms with Gasteiger partial charge in [0.1, 0.15) is 0 Å². The van der Waals surface area contributed by atoms with Crippen LogP contribution in [0.15, 0.2) is 23.2 Å². The average Bonchev–Trinajstić information content (AvgIpc) is 3.21. The highest BCUT2D eigenvalue weighted by molar-refractivity contribution is 14.0. The van der Waals surface area contributed by atoms with Crippen molar-refractivity contribution in [2.75, 3.05) is 14.2 Å². The summed E-state index contributed by atoms with van der Waals surface area (Å²) >= 11 is 0. The number of fused-ring (bicyclic) bond motifs is 2. The Morgan fingerprint density at radius 2 is 2.28 bits per heavy atom. The van der Waals surface area contributed by atoms with Gasteiger partial charge in [-0.1, -0.05) is 6.07 Å². The first-order valence-corrected chi connectivity index (χ1v) is 8.04. The second-order valence-corrected chi connectivity index (χ2v) is 6.05. The largest absolute Gasteiger partial charge is 0.490 e. The van der Waals surface area contributed by atoms with Crippen LogP contribution in [-0.4, -0.2) is 43.3 Å². The quantitative estimate of drug-likeness (QED) is 0.229. The fourth-order valence-corrected chi connectivity index (χ4v) is 3.33. The summed E-state index contributed by atoms with van der Waals surface area (Å²) in [4.78, 5) is 14.9. The zero-order chi connectivity index (χ0) is 17.1. The molecule has 8 nitrogen and oxygen atoms in total. The molecule has 0 radical (unpaired) electrons. The van der Waals surface area contributed by atoms with Crippen molar-refractivity contribution in [3.05, 3.63) is 33.9 Å². The lowest BCUT2D eigenvalue weighted by atomic mass is 9.96. The van der Waals surface area contributed by atoms with E-state index in [4.69, 9.17) is 9.47 Å². The van der Waals surface area contributed by atoms with E-state index >= 15 is 0 Å². The molecule has 25 heavy (non-hydrogen) atoms. The number of hydrogen-bond acceptors (Lipinski definition) is 5. The number of halogens is 1. The summed E-state index contributed by atoms with van der Waals surface area (Å²) in [7, 11) is 3.13. The van der Waals surface area contributed by atoms with Gasteiger partial charge in [-0.2, -0.15) is 0 Å². The van der Waals surface area contributed by atoms with E-state index in [0.717, 1.165) is 24.8 Å². The van der Waals surface area contributed by atoms with Crippen molar-refractivity contribution in [2.24, 2.45) is 4.99 Å². The molecule has 0 aliphatic carbocycles. The fraction of sp³-hybridized carbons (Fsp3) is 0.562. The molecule has 2 aliphatic rings. The lowest BCUT2D eigenvalue weighted by Gasteiger charge is -2.22. The number of nitrogens with zero attached hydrogens (tertiary/aromatic N) is 2. The van der Waals surface area contributed by atoms with Crippen molar-refractivity contribution in [3.8, 4) is 5.75 Å². The molecule has 1 aromatic carbocycles. The summed E-state index contributed by atoms with van der Waals surface area (Å²) in [6.45, 7) is 0.437. The maximum atomic E-state index is 11.1. The van der Waals surface area contributed by atoms with Crippen LogP contribution in [0.2, 0.25) is 0 Å². The highest BCUT2D eigenvalue weighted by Gasteiger charge is 2.41. The summed E-state index contributed by atoms with van der Waals surface area (Å²) in [6.07, 6.45) is 3.86. The van der Waals surface area contributed by atoms with Crippen LogP contribution in [0.1, 0.15) is 24.8 Å². The molecule has 3 unspecified atom stereocenters. The van der Waals surface area contributed by atoms with Crippen LogP contribution in [0.5, 0.6) is 5.75 Å². The predicted octanol–water partition coefficient (Wildman–Crippen LogP) is 2.21. The second-order valence-electron chi connectivity index (χ2n) is 6.05. The minimum absolute atomic E-state index is 0. The Morgan fingerprint density at radius 3 is 2.84 bits per heavy atom. The lowest BCUT2D eigenvalue weighted by molar-refractivity contribution is -0.385. The third kappa shape index (κ3) is 4.51. The molecule has 138 valence electrons. The number of nitrogens with one attached hydrogen (secondary N) is 2. The molecular weight excluding hydrogens is 439 g/mol. The molecule has 2 fully saturated rings. The molecule has 0 spiro atoms. The van der Waals surface area contributed by atoms with Gasteiger partial charge in [-0.05, 0) is 30.9 Å². The monoisotopic (exact) mass is 462 g/mol. The standard InChI is InChI=1S/C16H22N4O4.HI/c1-17-16(19-12-8-11-4-6-14(12)24-11)18-9-10-3-5-15(23-2)13(7-10)20(21)22;/h3,5,7,11-12,14H,4,6,8-9H2,1-2H3,(H2,17,18,19);1H. The average molecular weight is 462 g/mol. The van der Waals surface area contributed by atoms with Crippen LogP contribution in [0.4, 0.5) is 5.69 Å². The van der Waals surface area contributed by atoms with Gasteiger partial charge in [0.25, 0.3) is 0 Å². The third-order valence-corrected chi connectivity index (χ3v) is 4.55. The van der Waals surface area contributed by atoms with Crippen LogP contribution in [0.3, 0.4) is 0 Å². The van der Waals surface area contributed by atoms with Gasteiger partial charge in [0.05, 0.1) is 30.3 Å². The van der Waals surface area contributed by atoms with Crippen molar-refractivity contribution in [2.45, 2.75) is 44.1 Å². The van der Waals surface area contributed by atoms with E-state index in [9.17, 15) is 10.1 Å². The number of hydrogen-bond donors (Lipinski definition) is 2. The Kier molecular flexibility index (Phi) is 6.82. The minimum Gasteiger partial charge on any atom is -0.490 e. The molecule has 2 bridgehead atoms. The number of nitro benzene ring substituents is 1. The Labute approximate surface area is 163 Å². The van der Waals surface area contributed by atoms with Crippen molar-refractivity contribution < 1.29 is 14.4 Å². The van der Waals surface area contributed by atoms with Gasteiger partial charge in [-0.15, -0.1) is 24.0 Å². The summed E-state index contributed by atoms with van der Waals surface area (Å²) in [6, 6.07) is 5.20. The van der Waals surface area contributed by atoms with Gasteiger partial charge < -0.3 is 20.1 Å². The maximum absolute atomic E-state index is 11.1. The first-order chi connectivity index (χ1) is 11.6. The van der Waals surface area contributed by atoms with Crippen molar-refractivity contribution in [1.29, 1.82) is 0 Å². The van der Waals surface area contributed by atoms with Crippen molar-refractivity contribution >= 4 is 35.6 Å². The van der Waals surface area contributed by atoms with E-state index in [1.165, 1.54) is 13.2 Å². The van der Waals surface area contributed by atoms with Crippen LogP contribution in [-0.2, 0) is 11.3 Å². The molecule has 1 aromatic rings. The van der Waals surface area contributed by atoms with Crippen molar-refractivity contribution in [1.82, 2.24) is 10.6 Å². The number of ether oxygens (including phenoxy) is 2. The third-order valence-electron chi connectivity index (χ3n) is 4.55. The Bertz CT molecular complexity index is 655. The minimum atomic E-state index is -0.442. The van der Waals surface area contributed by atoms with Crippen LogP contribution in [0.25, 0.3) is 0 Å². The van der Waals surface area contributed by atoms with E-state index in [-0.39, 0.29) is 47.6 Å². The van der Waals surface area contributed by atoms with Gasteiger partial charge in [-0.3, -0.25) is 15.1 Å². The van der Waals surface area contributed by atoms with E-state index < -0.39 is 4.92 Å². The van der Waals surface area contributed by atoms with E-state index in [0.29, 0.717) is 18.6 Å². The molecule has 2 aliphatic heterocycles. The molecule has 0 aromatic heterocycles. The van der Waals surface area contributed by atoms with E-state index in [1.54, 1.807) is 19.2 Å². The van der Waals surface area contributed by atoms with Crippen molar-refractivity contribution in [3.63, 3.8) is 0 Å². The maximum Gasteiger partial charge on any atom is 0.311 e. The number of nitro groups is 1. The molecule has 0 saturated carbocycles. The second kappa shape index (κ2) is 8.65. The molecular formula is C16H23IN4O4. The molecule has 0 amide bonds. The van der Waals surface area contributed by atoms with E-state index in [1.807, 2.05) is 0 Å². The van der Waals surface area contributed by atoms with Gasteiger partial charge in [-0.25, -0.2) is 0 Å². The first-order valence-electron chi connectivity index (χ1n) is 8.04. The fourth-order valence-electron chi connectivity index (χ4n) is 3.33. The number of aliphatic imine (C=N–C) groups is 1. The summed E-state index contributed by atoms with van der Waals surface area (Å²) in [5, 5.41) is 17.7. The number of guanidine groups is 1. The summed E-state index contributed by atoms with van der Waals surface area (Å²) in [5.41, 5.74) is 0.746. The number of benzene rings is 1. The van der Waals surface area contributed by atoms with Gasteiger partial charge in [0.15, 0.2) is 11.7 Å². The lowest BCUT2D eigenvalue weighted by Crippen LogP contribution is -2.47. The molecule has 3 atom stereocenters. The normalized spacial score (nSPS) is 24.6. The molecule has 9 heteroatoms. The van der Waals surface area contributed by atoms with Crippen LogP contribution >= 0.6 is 24.0 Å². The SMILES string of the molecule is CN=C(NCc1ccc(OC)c([N+](=O)[O-])c1)NC1CC2CCC1O2.I. The highest BCUT2D eigenvalue weighted by atomic mass is 127. The van der Waals surface area contributed by atoms with E-state index in [2.05, 4.69) is 15.6 Å². The summed E-state index contributed by atoms with van der Waals surface area (Å²) < 4.78 is 10.8. The molecule has 3 rings (SSSR count). The number of rotatable bonds is 5. The topological polar surface area (TPSA) is 98.0 Å². The first kappa shape index (κ1) is 19.7. The zero-order valence-corrected chi connectivity index (χ0v) is 16.6. The smallest absolute Gasteiger partial charge is 0.311 e. The van der Waals surface area contributed by atoms with Gasteiger partial charge in [0, 0.05) is 19.7 Å². The van der Waals surface area contributed by atoms with Crippen LogP contribution < -0.4 is 15.4 Å². The Hall–Kier alpha value is -1.62. The zero-order valence-electron chi connectivity index (χ0n) is 14.2. The van der Waals surface area contributed by atoms with Gasteiger partial charge >= 0.3 is 5.69 Å². The van der Waals surface area contributed by atoms with Gasteiger partial charge in [0.2, 0.25) is 0 Å². The summed E-state index contributed by atoms with van der Waals surface area (Å²) in [5.74, 6) is 0.931. The molecule has 2 N–H and O–H groups in total. The Balaban J connectivity index is 0.00000225. The molecule has 2 saturated heterocycles. The van der Waals surface area contributed by atoms with Crippen LogP contribution in [0, 0.1) is 10.1 Å². The molecule has 2 heterocycles. The highest BCUT2D eigenvalue weighted by Crippen LogP contribution is 2.34. The predicted molar refractivity (Wildman–Crippen MR) is 105 cm³/mol. The Morgan fingerprint density at radius 1 is 1.48 bits per heavy atom. The number of methoxy groups -OCH3 is 1.